The summed E-state index contributed by atoms with van der Waals surface area (Å²) in [4.78, 5) is 0. The third kappa shape index (κ3) is 4.81. The van der Waals surface area contributed by atoms with Crippen LogP contribution in [0.1, 0.15) is 13.3 Å². The van der Waals surface area contributed by atoms with Crippen molar-refractivity contribution in [1.29, 1.82) is 0 Å². The first kappa shape index (κ1) is 11.8. The molecule has 0 heterocycles. The van der Waals surface area contributed by atoms with E-state index >= 15 is 0 Å². The molecule has 14 heavy (non-hydrogen) atoms. The molecule has 0 fully saturated rings. The minimum absolute atomic E-state index is 0.737. The SMILES string of the molecule is CCCNCCOc1ccc(I)cc1. The van der Waals surface area contributed by atoms with Crippen molar-refractivity contribution in [3.05, 3.63) is 27.8 Å². The molecule has 2 nitrogen and oxygen atoms in total. The number of rotatable bonds is 6. The Balaban J connectivity index is 2.15. The van der Waals surface area contributed by atoms with Crippen molar-refractivity contribution in [3.8, 4) is 5.75 Å². The van der Waals surface area contributed by atoms with Crippen molar-refractivity contribution in [2.24, 2.45) is 0 Å². The van der Waals surface area contributed by atoms with Crippen LogP contribution < -0.4 is 10.1 Å². The summed E-state index contributed by atoms with van der Waals surface area (Å²) in [6.07, 6.45) is 1.17. The third-order valence-corrected chi connectivity index (χ3v) is 2.51. The van der Waals surface area contributed by atoms with Gasteiger partial charge in [-0.15, -0.1) is 0 Å². The van der Waals surface area contributed by atoms with E-state index in [4.69, 9.17) is 4.74 Å². The normalized spacial score (nSPS) is 10.1. The molecular formula is C11H16INO. The van der Waals surface area contributed by atoms with Gasteiger partial charge in [0, 0.05) is 10.1 Å². The largest absolute Gasteiger partial charge is 0.492 e. The van der Waals surface area contributed by atoms with E-state index in [1.165, 1.54) is 9.99 Å². The van der Waals surface area contributed by atoms with Gasteiger partial charge >= 0.3 is 0 Å². The van der Waals surface area contributed by atoms with Crippen molar-refractivity contribution < 1.29 is 4.74 Å². The number of hydrogen-bond acceptors (Lipinski definition) is 2. The molecule has 0 atom stereocenters. The van der Waals surface area contributed by atoms with E-state index in [0.717, 1.165) is 25.4 Å². The molecule has 0 spiro atoms. The van der Waals surface area contributed by atoms with Crippen LogP contribution in [0.3, 0.4) is 0 Å². The Morgan fingerprint density at radius 3 is 2.57 bits per heavy atom. The zero-order valence-electron chi connectivity index (χ0n) is 8.42. The average molecular weight is 305 g/mol. The molecule has 1 N–H and O–H groups in total. The number of halogens is 1. The van der Waals surface area contributed by atoms with Crippen LogP contribution in [-0.2, 0) is 0 Å². The van der Waals surface area contributed by atoms with E-state index in [-0.39, 0.29) is 0 Å². The van der Waals surface area contributed by atoms with Crippen LogP contribution in [0.4, 0.5) is 0 Å². The van der Waals surface area contributed by atoms with Crippen molar-refractivity contribution in [3.63, 3.8) is 0 Å². The second kappa shape index (κ2) is 7.06. The highest BCUT2D eigenvalue weighted by Gasteiger charge is 1.92. The highest BCUT2D eigenvalue weighted by atomic mass is 127. The fourth-order valence-electron chi connectivity index (χ4n) is 1.07. The van der Waals surface area contributed by atoms with Gasteiger partial charge in [-0.25, -0.2) is 0 Å². The summed E-state index contributed by atoms with van der Waals surface area (Å²) >= 11 is 2.28. The lowest BCUT2D eigenvalue weighted by Crippen LogP contribution is -2.21. The van der Waals surface area contributed by atoms with Crippen molar-refractivity contribution in [2.75, 3.05) is 19.7 Å². The van der Waals surface area contributed by atoms with Gasteiger partial charge in [-0.05, 0) is 59.8 Å². The van der Waals surface area contributed by atoms with Gasteiger partial charge < -0.3 is 10.1 Å². The highest BCUT2D eigenvalue weighted by molar-refractivity contribution is 14.1. The molecule has 3 heteroatoms. The number of benzene rings is 1. The Hall–Kier alpha value is -0.290. The van der Waals surface area contributed by atoms with Crippen LogP contribution in [0.5, 0.6) is 5.75 Å². The number of nitrogens with one attached hydrogen (secondary N) is 1. The Labute approximate surface area is 99.2 Å². The zero-order valence-corrected chi connectivity index (χ0v) is 10.6. The van der Waals surface area contributed by atoms with Crippen molar-refractivity contribution in [1.82, 2.24) is 5.32 Å². The van der Waals surface area contributed by atoms with Crippen LogP contribution in [0.15, 0.2) is 24.3 Å². The first-order chi connectivity index (χ1) is 6.83. The molecule has 1 aromatic carbocycles. The van der Waals surface area contributed by atoms with E-state index in [0.29, 0.717) is 0 Å². The number of hydrogen-bond donors (Lipinski definition) is 1. The summed E-state index contributed by atoms with van der Waals surface area (Å²) in [5, 5.41) is 3.29. The molecule has 0 aromatic heterocycles. The second-order valence-electron chi connectivity index (χ2n) is 3.05. The van der Waals surface area contributed by atoms with Gasteiger partial charge in [0.2, 0.25) is 0 Å². The fraction of sp³-hybridized carbons (Fsp3) is 0.455. The summed E-state index contributed by atoms with van der Waals surface area (Å²) in [6, 6.07) is 8.11. The maximum absolute atomic E-state index is 5.54. The van der Waals surface area contributed by atoms with Crippen molar-refractivity contribution in [2.45, 2.75) is 13.3 Å². The van der Waals surface area contributed by atoms with Crippen LogP contribution >= 0.6 is 22.6 Å². The smallest absolute Gasteiger partial charge is 0.119 e. The standard InChI is InChI=1S/C11H16INO/c1-2-7-13-8-9-14-11-5-3-10(12)4-6-11/h3-6,13H,2,7-9H2,1H3. The Morgan fingerprint density at radius 1 is 1.21 bits per heavy atom. The molecule has 0 amide bonds. The lowest BCUT2D eigenvalue weighted by Gasteiger charge is -2.06. The molecule has 0 radical (unpaired) electrons. The Morgan fingerprint density at radius 2 is 1.93 bits per heavy atom. The maximum atomic E-state index is 5.54. The Kier molecular flexibility index (Phi) is 5.94. The molecule has 1 aromatic rings. The predicted octanol–water partition coefficient (Wildman–Crippen LogP) is 2.67. The fourth-order valence-corrected chi connectivity index (χ4v) is 1.43. The van der Waals surface area contributed by atoms with Gasteiger partial charge in [0.1, 0.15) is 12.4 Å². The summed E-state index contributed by atoms with van der Waals surface area (Å²) < 4.78 is 6.78. The summed E-state index contributed by atoms with van der Waals surface area (Å²) in [5.74, 6) is 0.948. The minimum atomic E-state index is 0.737. The first-order valence-corrected chi connectivity index (χ1v) is 6.00. The molecule has 0 saturated heterocycles. The van der Waals surface area contributed by atoms with E-state index in [1.54, 1.807) is 0 Å². The quantitative estimate of drug-likeness (QED) is 0.644. The monoisotopic (exact) mass is 305 g/mol. The Bertz CT molecular complexity index is 248. The van der Waals surface area contributed by atoms with Crippen LogP contribution in [0, 0.1) is 3.57 Å². The van der Waals surface area contributed by atoms with Gasteiger partial charge in [0.15, 0.2) is 0 Å². The summed E-state index contributed by atoms with van der Waals surface area (Å²) in [7, 11) is 0. The molecule has 0 saturated carbocycles. The molecule has 1 rings (SSSR count). The lowest BCUT2D eigenvalue weighted by molar-refractivity contribution is 0.314. The molecule has 0 aliphatic carbocycles. The lowest BCUT2D eigenvalue weighted by atomic mass is 10.3. The molecular weight excluding hydrogens is 289 g/mol. The maximum Gasteiger partial charge on any atom is 0.119 e. The number of ether oxygens (including phenoxy) is 1. The zero-order chi connectivity index (χ0) is 10.2. The van der Waals surface area contributed by atoms with Crippen LogP contribution in [0.2, 0.25) is 0 Å². The van der Waals surface area contributed by atoms with Gasteiger partial charge in [-0.2, -0.15) is 0 Å². The third-order valence-electron chi connectivity index (χ3n) is 1.79. The predicted molar refractivity (Wildman–Crippen MR) is 67.8 cm³/mol. The van der Waals surface area contributed by atoms with Crippen molar-refractivity contribution >= 4 is 22.6 Å². The minimum Gasteiger partial charge on any atom is -0.492 e. The summed E-state index contributed by atoms with van der Waals surface area (Å²) in [5.41, 5.74) is 0. The molecule has 0 bridgehead atoms. The molecule has 0 aliphatic rings. The van der Waals surface area contributed by atoms with Gasteiger partial charge in [-0.1, -0.05) is 6.92 Å². The molecule has 0 aliphatic heterocycles. The van der Waals surface area contributed by atoms with E-state index in [2.05, 4.69) is 47.0 Å². The average Bonchev–Trinajstić information content (AvgIpc) is 2.21. The van der Waals surface area contributed by atoms with E-state index in [1.807, 2.05) is 12.1 Å². The van der Waals surface area contributed by atoms with Crippen LogP contribution in [0.25, 0.3) is 0 Å². The van der Waals surface area contributed by atoms with Gasteiger partial charge in [0.25, 0.3) is 0 Å². The van der Waals surface area contributed by atoms with Gasteiger partial charge in [-0.3, -0.25) is 0 Å². The van der Waals surface area contributed by atoms with Gasteiger partial charge in [0.05, 0.1) is 0 Å². The van der Waals surface area contributed by atoms with E-state index < -0.39 is 0 Å². The first-order valence-electron chi connectivity index (χ1n) is 4.92. The summed E-state index contributed by atoms with van der Waals surface area (Å²) in [6.45, 7) is 4.88. The second-order valence-corrected chi connectivity index (χ2v) is 4.30. The van der Waals surface area contributed by atoms with Crippen LogP contribution in [-0.4, -0.2) is 19.7 Å². The van der Waals surface area contributed by atoms with E-state index in [9.17, 15) is 0 Å². The molecule has 0 unspecified atom stereocenters. The molecule has 78 valence electrons. The topological polar surface area (TPSA) is 21.3 Å². The highest BCUT2D eigenvalue weighted by Crippen LogP contribution is 2.12.